The lowest BCUT2D eigenvalue weighted by Crippen LogP contribution is -2.53. The molecule has 0 aromatic heterocycles. The van der Waals surface area contributed by atoms with Crippen LogP contribution in [0.1, 0.15) is 39.5 Å². The van der Waals surface area contributed by atoms with E-state index < -0.39 is 0 Å². The van der Waals surface area contributed by atoms with E-state index in [0.717, 1.165) is 6.04 Å². The molecule has 1 heterocycles. The molecule has 2 heteroatoms. The van der Waals surface area contributed by atoms with Crippen LogP contribution >= 0.6 is 0 Å². The van der Waals surface area contributed by atoms with Crippen molar-refractivity contribution in [3.05, 3.63) is 0 Å². The van der Waals surface area contributed by atoms with Gasteiger partial charge in [0, 0.05) is 18.9 Å². The van der Waals surface area contributed by atoms with Gasteiger partial charge in [-0.2, -0.15) is 0 Å². The normalized spacial score (nSPS) is 32.2. The van der Waals surface area contributed by atoms with Crippen LogP contribution in [0.4, 0.5) is 0 Å². The van der Waals surface area contributed by atoms with E-state index in [4.69, 9.17) is 0 Å². The molecule has 1 aliphatic heterocycles. The second-order valence-corrected chi connectivity index (χ2v) is 5.45. The average molecular weight is 213 g/mol. The molecule has 90 valence electrons. The van der Waals surface area contributed by atoms with Gasteiger partial charge >= 0.3 is 0 Å². The number of nitrogens with zero attached hydrogens (tertiary/aromatic N) is 2. The highest BCUT2D eigenvalue weighted by atomic mass is 15.3. The fourth-order valence-corrected chi connectivity index (χ4v) is 2.52. The third kappa shape index (κ3) is 3.76. The summed E-state index contributed by atoms with van der Waals surface area (Å²) in [7, 11) is 4.71. The van der Waals surface area contributed by atoms with Gasteiger partial charge in [0.15, 0.2) is 0 Å². The Hall–Kier alpha value is -0.0800. The minimum atomic E-state index is 0.856. The van der Waals surface area contributed by atoms with E-state index in [1.807, 2.05) is 0 Å². The van der Waals surface area contributed by atoms with Crippen molar-refractivity contribution in [1.82, 2.24) is 4.90 Å². The van der Waals surface area contributed by atoms with Crippen molar-refractivity contribution in [3.63, 3.8) is 0 Å². The summed E-state index contributed by atoms with van der Waals surface area (Å²) >= 11 is 0. The molecule has 0 aromatic rings. The van der Waals surface area contributed by atoms with Crippen LogP contribution < -0.4 is 0 Å². The molecule has 0 bridgehead atoms. The van der Waals surface area contributed by atoms with Crippen molar-refractivity contribution in [2.24, 2.45) is 0 Å². The molecule has 0 saturated carbocycles. The minimum absolute atomic E-state index is 0.856. The predicted octanol–water partition coefficient (Wildman–Crippen LogP) is 2.35. The van der Waals surface area contributed by atoms with E-state index in [1.165, 1.54) is 56.3 Å². The topological polar surface area (TPSA) is 3.24 Å². The zero-order chi connectivity index (χ0) is 11.3. The van der Waals surface area contributed by atoms with Gasteiger partial charge in [0.2, 0.25) is 0 Å². The number of quaternary nitrogens is 1. The largest absolute Gasteiger partial charge is 0.326 e. The number of rotatable bonds is 5. The first-order chi connectivity index (χ1) is 7.11. The van der Waals surface area contributed by atoms with Gasteiger partial charge in [0.25, 0.3) is 0 Å². The first-order valence-electron chi connectivity index (χ1n) is 6.65. The molecule has 15 heavy (non-hydrogen) atoms. The Morgan fingerprint density at radius 3 is 2.27 bits per heavy atom. The van der Waals surface area contributed by atoms with Crippen molar-refractivity contribution < 1.29 is 4.48 Å². The molecule has 0 radical (unpaired) electrons. The zero-order valence-electron chi connectivity index (χ0n) is 11.1. The van der Waals surface area contributed by atoms with Gasteiger partial charge in [-0.3, -0.25) is 0 Å². The molecule has 1 saturated heterocycles. The average Bonchev–Trinajstić information content (AvgIpc) is 2.27. The standard InChI is InChI=1S/C13H29N2/c1-5-7-10-14(3)13-8-11-15(4,6-2)12-9-13/h13H,5-12H2,1-4H3/q+1. The molecule has 1 aliphatic rings. The van der Waals surface area contributed by atoms with Crippen LogP contribution in [0.15, 0.2) is 0 Å². The van der Waals surface area contributed by atoms with Gasteiger partial charge in [-0.15, -0.1) is 0 Å². The highest BCUT2D eigenvalue weighted by Gasteiger charge is 2.29. The monoisotopic (exact) mass is 213 g/mol. The molecular formula is C13H29N2+. The number of hydrogen-bond donors (Lipinski definition) is 0. The molecular weight excluding hydrogens is 184 g/mol. The molecule has 0 aromatic carbocycles. The molecule has 0 spiro atoms. The van der Waals surface area contributed by atoms with E-state index >= 15 is 0 Å². The quantitative estimate of drug-likeness (QED) is 0.634. The highest BCUT2D eigenvalue weighted by Crippen LogP contribution is 2.20. The Morgan fingerprint density at radius 1 is 1.20 bits per heavy atom. The maximum Gasteiger partial charge on any atom is 0.0799 e. The van der Waals surface area contributed by atoms with Crippen molar-refractivity contribution in [2.45, 2.75) is 45.6 Å². The Morgan fingerprint density at radius 2 is 1.80 bits per heavy atom. The molecule has 1 rings (SSSR count). The SMILES string of the molecule is CCCCN(C)C1CC[N+](C)(CC)CC1. The molecule has 0 amide bonds. The summed E-state index contributed by atoms with van der Waals surface area (Å²) in [5, 5.41) is 0. The number of unbranched alkanes of at least 4 members (excludes halogenated alkanes) is 1. The van der Waals surface area contributed by atoms with Crippen LogP contribution in [-0.4, -0.2) is 55.7 Å². The Kier molecular flexibility index (Phi) is 5.07. The van der Waals surface area contributed by atoms with E-state index in [1.54, 1.807) is 0 Å². The molecule has 0 N–H and O–H groups in total. The van der Waals surface area contributed by atoms with Crippen LogP contribution in [-0.2, 0) is 0 Å². The van der Waals surface area contributed by atoms with Gasteiger partial charge in [-0.25, -0.2) is 0 Å². The molecule has 0 atom stereocenters. The summed E-state index contributed by atoms with van der Waals surface area (Å²) in [6, 6.07) is 0.856. The summed E-state index contributed by atoms with van der Waals surface area (Å²) in [6.07, 6.45) is 5.46. The van der Waals surface area contributed by atoms with Gasteiger partial charge in [-0.05, 0) is 26.9 Å². The van der Waals surface area contributed by atoms with Crippen molar-refractivity contribution in [1.29, 1.82) is 0 Å². The van der Waals surface area contributed by atoms with Crippen LogP contribution in [0.5, 0.6) is 0 Å². The first kappa shape index (κ1) is 13.0. The smallest absolute Gasteiger partial charge is 0.0799 e. The lowest BCUT2D eigenvalue weighted by molar-refractivity contribution is -0.913. The van der Waals surface area contributed by atoms with Crippen molar-refractivity contribution >= 4 is 0 Å². The van der Waals surface area contributed by atoms with Gasteiger partial charge < -0.3 is 9.38 Å². The molecule has 1 fully saturated rings. The summed E-state index contributed by atoms with van der Waals surface area (Å²) in [4.78, 5) is 2.59. The maximum atomic E-state index is 2.59. The lowest BCUT2D eigenvalue weighted by Gasteiger charge is -2.42. The van der Waals surface area contributed by atoms with E-state index in [-0.39, 0.29) is 0 Å². The van der Waals surface area contributed by atoms with Crippen LogP contribution in [0.25, 0.3) is 0 Å². The molecule has 0 aliphatic carbocycles. The van der Waals surface area contributed by atoms with E-state index in [2.05, 4.69) is 32.8 Å². The van der Waals surface area contributed by atoms with E-state index in [0.29, 0.717) is 0 Å². The van der Waals surface area contributed by atoms with E-state index in [9.17, 15) is 0 Å². The first-order valence-corrected chi connectivity index (χ1v) is 6.65. The van der Waals surface area contributed by atoms with Crippen LogP contribution in [0.2, 0.25) is 0 Å². The minimum Gasteiger partial charge on any atom is -0.326 e. The van der Waals surface area contributed by atoms with Crippen molar-refractivity contribution in [2.75, 3.05) is 40.3 Å². The van der Waals surface area contributed by atoms with Crippen molar-refractivity contribution in [3.8, 4) is 0 Å². The fourth-order valence-electron chi connectivity index (χ4n) is 2.52. The predicted molar refractivity (Wildman–Crippen MR) is 67.0 cm³/mol. The zero-order valence-corrected chi connectivity index (χ0v) is 11.1. The Balaban J connectivity index is 2.30. The summed E-state index contributed by atoms with van der Waals surface area (Å²) in [5.74, 6) is 0. The number of piperidine rings is 1. The van der Waals surface area contributed by atoms with Crippen LogP contribution in [0.3, 0.4) is 0 Å². The Bertz CT molecular complexity index is 171. The summed E-state index contributed by atoms with van der Waals surface area (Å²) in [5.41, 5.74) is 0. The maximum absolute atomic E-state index is 2.59. The summed E-state index contributed by atoms with van der Waals surface area (Å²) in [6.45, 7) is 9.93. The van der Waals surface area contributed by atoms with Crippen LogP contribution in [0, 0.1) is 0 Å². The second kappa shape index (κ2) is 5.86. The molecule has 2 nitrogen and oxygen atoms in total. The lowest BCUT2D eigenvalue weighted by atomic mass is 10.0. The fraction of sp³-hybridized carbons (Fsp3) is 1.00. The number of hydrogen-bond acceptors (Lipinski definition) is 1. The Labute approximate surface area is 95.8 Å². The third-order valence-electron chi connectivity index (χ3n) is 4.26. The van der Waals surface area contributed by atoms with Gasteiger partial charge in [-0.1, -0.05) is 13.3 Å². The van der Waals surface area contributed by atoms with Gasteiger partial charge in [0.05, 0.1) is 26.7 Å². The second-order valence-electron chi connectivity index (χ2n) is 5.45. The highest BCUT2D eigenvalue weighted by molar-refractivity contribution is 4.72. The number of likely N-dealkylation sites (tertiary alicyclic amines) is 1. The third-order valence-corrected chi connectivity index (χ3v) is 4.26. The van der Waals surface area contributed by atoms with Gasteiger partial charge in [0.1, 0.15) is 0 Å². The molecule has 0 unspecified atom stereocenters. The summed E-state index contributed by atoms with van der Waals surface area (Å²) < 4.78 is 1.29.